The molecular formula is C21H24O. The summed E-state index contributed by atoms with van der Waals surface area (Å²) >= 11 is 0. The second kappa shape index (κ2) is 5.72. The van der Waals surface area contributed by atoms with Gasteiger partial charge in [-0.2, -0.15) is 0 Å². The van der Waals surface area contributed by atoms with Crippen LogP contribution in [0.25, 0.3) is 17.2 Å². The number of hydrogen-bond donors (Lipinski definition) is 0. The van der Waals surface area contributed by atoms with E-state index >= 15 is 0 Å². The Balaban J connectivity index is 2.19. The molecule has 1 unspecified atom stereocenters. The van der Waals surface area contributed by atoms with Gasteiger partial charge in [0.15, 0.2) is 0 Å². The first-order chi connectivity index (χ1) is 10.6. The van der Waals surface area contributed by atoms with E-state index in [9.17, 15) is 4.79 Å². The fraction of sp³-hybridized carbons (Fsp3) is 0.381. The molecule has 0 heterocycles. The summed E-state index contributed by atoms with van der Waals surface area (Å²) in [5.41, 5.74) is 8.88. The van der Waals surface area contributed by atoms with E-state index in [0.29, 0.717) is 11.8 Å². The minimum Gasteiger partial charge on any atom is -0.298 e. The highest BCUT2D eigenvalue weighted by Crippen LogP contribution is 2.43. The van der Waals surface area contributed by atoms with Crippen LogP contribution in [0.2, 0.25) is 0 Å². The minimum atomic E-state index is 0.387. The summed E-state index contributed by atoms with van der Waals surface area (Å²) < 4.78 is 0. The van der Waals surface area contributed by atoms with Crippen LogP contribution >= 0.6 is 0 Å². The third kappa shape index (κ3) is 2.20. The Labute approximate surface area is 133 Å². The van der Waals surface area contributed by atoms with Gasteiger partial charge in [0.05, 0.1) is 0 Å². The molecule has 1 aromatic carbocycles. The monoisotopic (exact) mass is 292 g/mol. The first-order valence-corrected chi connectivity index (χ1v) is 8.25. The van der Waals surface area contributed by atoms with Crippen molar-refractivity contribution >= 4 is 23.5 Å². The van der Waals surface area contributed by atoms with Gasteiger partial charge in [0, 0.05) is 0 Å². The zero-order valence-corrected chi connectivity index (χ0v) is 13.8. The van der Waals surface area contributed by atoms with Crippen LogP contribution in [0.5, 0.6) is 0 Å². The fourth-order valence-corrected chi connectivity index (χ4v) is 4.15. The number of carbonyl (C=O) groups excluding carboxylic acids is 1. The van der Waals surface area contributed by atoms with E-state index in [2.05, 4.69) is 45.6 Å². The van der Waals surface area contributed by atoms with Gasteiger partial charge in [0.2, 0.25) is 0 Å². The van der Waals surface area contributed by atoms with Gasteiger partial charge in [-0.1, -0.05) is 38.6 Å². The lowest BCUT2D eigenvalue weighted by Crippen LogP contribution is -1.96. The smallest absolute Gasteiger partial charge is 0.146 e. The molecule has 3 rings (SSSR count). The largest absolute Gasteiger partial charge is 0.298 e. The molecular weight excluding hydrogens is 268 g/mol. The predicted octanol–water partition coefficient (Wildman–Crippen LogP) is 5.31. The first-order valence-electron chi connectivity index (χ1n) is 8.25. The molecule has 22 heavy (non-hydrogen) atoms. The maximum Gasteiger partial charge on any atom is 0.146 e. The number of benzene rings is 1. The van der Waals surface area contributed by atoms with Gasteiger partial charge >= 0.3 is 0 Å². The van der Waals surface area contributed by atoms with Crippen LogP contribution in [-0.4, -0.2) is 6.29 Å². The topological polar surface area (TPSA) is 17.1 Å². The third-order valence-electron chi connectivity index (χ3n) is 5.31. The van der Waals surface area contributed by atoms with Crippen LogP contribution < -0.4 is 0 Å². The lowest BCUT2D eigenvalue weighted by molar-refractivity contribution is -0.105. The van der Waals surface area contributed by atoms with Crippen molar-refractivity contribution in [2.45, 2.75) is 40.0 Å². The van der Waals surface area contributed by atoms with Crippen LogP contribution in [0.1, 0.15) is 55.9 Å². The minimum absolute atomic E-state index is 0.387. The molecule has 1 nitrogen and oxygen atoms in total. The fourth-order valence-electron chi connectivity index (χ4n) is 4.15. The zero-order valence-electron chi connectivity index (χ0n) is 13.8. The second-order valence-electron chi connectivity index (χ2n) is 6.64. The molecule has 2 aliphatic rings. The average molecular weight is 292 g/mol. The second-order valence-corrected chi connectivity index (χ2v) is 6.64. The summed E-state index contributed by atoms with van der Waals surface area (Å²) in [5, 5.41) is 0. The Bertz CT molecular complexity index is 703. The van der Waals surface area contributed by atoms with Gasteiger partial charge < -0.3 is 0 Å². The molecule has 0 amide bonds. The van der Waals surface area contributed by atoms with Crippen molar-refractivity contribution in [3.63, 3.8) is 0 Å². The summed E-state index contributed by atoms with van der Waals surface area (Å²) in [4.78, 5) is 11.5. The summed E-state index contributed by atoms with van der Waals surface area (Å²) in [7, 11) is 0. The van der Waals surface area contributed by atoms with E-state index < -0.39 is 0 Å². The molecule has 0 saturated carbocycles. The van der Waals surface area contributed by atoms with Gasteiger partial charge in [-0.05, 0) is 83.1 Å². The lowest BCUT2D eigenvalue weighted by Gasteiger charge is -2.12. The number of hydrogen-bond acceptors (Lipinski definition) is 1. The third-order valence-corrected chi connectivity index (χ3v) is 5.31. The number of allylic oxidation sites excluding steroid dienone is 4. The highest BCUT2D eigenvalue weighted by molar-refractivity contribution is 5.92. The van der Waals surface area contributed by atoms with E-state index in [1.54, 1.807) is 0 Å². The average Bonchev–Trinajstić information content (AvgIpc) is 3.04. The molecule has 0 aromatic heterocycles. The van der Waals surface area contributed by atoms with Gasteiger partial charge in [-0.15, -0.1) is 0 Å². The molecule has 1 aromatic rings. The van der Waals surface area contributed by atoms with Crippen LogP contribution in [0.4, 0.5) is 0 Å². The van der Waals surface area contributed by atoms with Crippen LogP contribution in [-0.2, 0) is 11.2 Å². The van der Waals surface area contributed by atoms with Gasteiger partial charge in [0.1, 0.15) is 6.29 Å². The van der Waals surface area contributed by atoms with Crippen molar-refractivity contribution in [1.29, 1.82) is 0 Å². The van der Waals surface area contributed by atoms with Crippen molar-refractivity contribution in [1.82, 2.24) is 0 Å². The number of rotatable bonds is 3. The Morgan fingerprint density at radius 1 is 1.23 bits per heavy atom. The molecule has 0 spiro atoms. The van der Waals surface area contributed by atoms with Crippen molar-refractivity contribution in [2.75, 3.05) is 0 Å². The maximum atomic E-state index is 11.5. The Kier molecular flexibility index (Phi) is 3.90. The summed E-state index contributed by atoms with van der Waals surface area (Å²) in [6, 6.07) is 4.54. The van der Waals surface area contributed by atoms with Crippen molar-refractivity contribution in [2.24, 2.45) is 11.8 Å². The van der Waals surface area contributed by atoms with Crippen LogP contribution in [0.15, 0.2) is 30.4 Å². The van der Waals surface area contributed by atoms with Gasteiger partial charge in [-0.25, -0.2) is 0 Å². The predicted molar refractivity (Wildman–Crippen MR) is 94.4 cm³/mol. The zero-order chi connectivity index (χ0) is 15.9. The van der Waals surface area contributed by atoms with E-state index in [-0.39, 0.29) is 0 Å². The van der Waals surface area contributed by atoms with Gasteiger partial charge in [0.25, 0.3) is 0 Å². The summed E-state index contributed by atoms with van der Waals surface area (Å²) in [6.07, 6.45) is 8.44. The highest BCUT2D eigenvalue weighted by Gasteiger charge is 2.28. The Morgan fingerprint density at radius 2 is 2.00 bits per heavy atom. The van der Waals surface area contributed by atoms with Crippen molar-refractivity contribution < 1.29 is 4.79 Å². The molecule has 2 aliphatic carbocycles. The van der Waals surface area contributed by atoms with E-state index in [1.165, 1.54) is 33.4 Å². The molecule has 0 bridgehead atoms. The molecule has 2 atom stereocenters. The maximum absolute atomic E-state index is 11.5. The lowest BCUT2D eigenvalue weighted by atomic mass is 9.92. The molecule has 0 radical (unpaired) electrons. The Morgan fingerprint density at radius 3 is 2.64 bits per heavy atom. The molecule has 0 aliphatic heterocycles. The summed E-state index contributed by atoms with van der Waals surface area (Å²) in [6.45, 7) is 10.6. The van der Waals surface area contributed by atoms with Crippen molar-refractivity contribution in [3.05, 3.63) is 52.6 Å². The van der Waals surface area contributed by atoms with Crippen LogP contribution in [0.3, 0.4) is 0 Å². The number of fused-ring (bicyclic) bond motifs is 1. The molecule has 0 fully saturated rings. The van der Waals surface area contributed by atoms with E-state index in [0.717, 1.165) is 31.1 Å². The quantitative estimate of drug-likeness (QED) is 0.690. The van der Waals surface area contributed by atoms with Gasteiger partial charge in [-0.3, -0.25) is 4.79 Å². The highest BCUT2D eigenvalue weighted by atomic mass is 16.1. The normalized spacial score (nSPS) is 25.7. The Hall–Kier alpha value is -1.89. The first kappa shape index (κ1) is 15.0. The molecule has 1 heteroatoms. The van der Waals surface area contributed by atoms with Crippen LogP contribution in [0, 0.1) is 11.8 Å². The molecule has 0 N–H and O–H groups in total. The van der Waals surface area contributed by atoms with E-state index in [4.69, 9.17) is 0 Å². The number of carbonyl (C=O) groups is 1. The van der Waals surface area contributed by atoms with Crippen molar-refractivity contribution in [3.8, 4) is 0 Å². The molecule has 0 saturated heterocycles. The van der Waals surface area contributed by atoms with E-state index in [1.807, 2.05) is 6.08 Å². The molecule has 114 valence electrons. The SMILES string of the molecule is C=Cc1cc(C2=C(C=O)[C@H](C)CC2)cc2c1/C(=C\C)C(C)C2. The summed E-state index contributed by atoms with van der Waals surface area (Å²) in [5.74, 6) is 0.953. The standard InChI is InChI=1S/C21H24O/c1-5-15-10-16(19-8-7-13(3)20(19)12-22)11-17-9-14(4)18(6-2)21(15)17/h5-6,10-14H,1,7-9H2,2-4H3/b18-6-/t13-,14?/m1/s1. The number of aldehydes is 1.